The summed E-state index contributed by atoms with van der Waals surface area (Å²) in [6.45, 7) is 2.85. The lowest BCUT2D eigenvalue weighted by Crippen LogP contribution is -2.44. The van der Waals surface area contributed by atoms with Gasteiger partial charge in [-0.3, -0.25) is 28.4 Å². The molecule has 1 fully saturated rings. The number of rotatable bonds is 7. The maximum atomic E-state index is 13.6. The molecule has 2 heterocycles. The number of ketones is 1. The Morgan fingerprint density at radius 3 is 2.24 bits per heavy atom. The van der Waals surface area contributed by atoms with Gasteiger partial charge in [0, 0.05) is 24.0 Å². The Labute approximate surface area is 196 Å². The number of nitrogens with one attached hydrogen (secondary N) is 1. The van der Waals surface area contributed by atoms with Crippen molar-refractivity contribution in [2.24, 2.45) is 0 Å². The summed E-state index contributed by atoms with van der Waals surface area (Å²) in [7, 11) is -4.14. The van der Waals surface area contributed by atoms with E-state index in [0.29, 0.717) is 0 Å². The van der Waals surface area contributed by atoms with Crippen LogP contribution in [0.15, 0.2) is 77.8 Å². The molecular weight excluding hydrogens is 458 g/mol. The van der Waals surface area contributed by atoms with Crippen LogP contribution >= 0.6 is 0 Å². The van der Waals surface area contributed by atoms with E-state index in [1.54, 1.807) is 24.3 Å². The van der Waals surface area contributed by atoms with Crippen molar-refractivity contribution in [3.63, 3.8) is 0 Å². The van der Waals surface area contributed by atoms with Crippen LogP contribution in [0.4, 0.5) is 0 Å². The third-order valence-corrected chi connectivity index (χ3v) is 7.30. The standard InChI is InChI=1S/C24H21N3O6S/c1-2-14-27-23(24(31)16-8-4-3-5-9-16)22(17-10-6-7-11-18(17)34(27,32)33)25-19(28)15-26-20(29)12-13-21(26)30/h2-11H,1,12-15H2,(H,25,28). The minimum atomic E-state index is -4.14. The first-order valence-corrected chi connectivity index (χ1v) is 11.9. The maximum absolute atomic E-state index is 13.6. The van der Waals surface area contributed by atoms with Crippen molar-refractivity contribution in [1.29, 1.82) is 0 Å². The summed E-state index contributed by atoms with van der Waals surface area (Å²) < 4.78 is 27.7. The third kappa shape index (κ3) is 4.03. The molecule has 2 aromatic rings. The normalized spacial score (nSPS) is 16.9. The predicted molar refractivity (Wildman–Crippen MR) is 122 cm³/mol. The number of allylic oxidation sites excluding steroid dienone is 1. The van der Waals surface area contributed by atoms with Gasteiger partial charge in [-0.05, 0) is 6.07 Å². The fourth-order valence-electron chi connectivity index (χ4n) is 3.90. The molecule has 10 heteroatoms. The summed E-state index contributed by atoms with van der Waals surface area (Å²) in [5, 5.41) is 2.60. The molecule has 9 nitrogen and oxygen atoms in total. The fraction of sp³-hybridized carbons (Fsp3) is 0.167. The summed E-state index contributed by atoms with van der Waals surface area (Å²) in [4.78, 5) is 51.1. The third-order valence-electron chi connectivity index (χ3n) is 5.48. The van der Waals surface area contributed by atoms with E-state index < -0.39 is 40.1 Å². The molecule has 2 aliphatic heterocycles. The number of hydrogen-bond donors (Lipinski definition) is 1. The van der Waals surface area contributed by atoms with Gasteiger partial charge >= 0.3 is 0 Å². The molecule has 0 spiro atoms. The summed E-state index contributed by atoms with van der Waals surface area (Å²) in [6, 6.07) is 14.1. The topological polar surface area (TPSA) is 121 Å². The number of nitrogens with zero attached hydrogens (tertiary/aromatic N) is 2. The fourth-order valence-corrected chi connectivity index (χ4v) is 5.55. The van der Waals surface area contributed by atoms with Crippen LogP contribution in [0.3, 0.4) is 0 Å². The van der Waals surface area contributed by atoms with Crippen LogP contribution in [0.25, 0.3) is 5.70 Å². The zero-order chi connectivity index (χ0) is 24.5. The summed E-state index contributed by atoms with van der Waals surface area (Å²) in [5.74, 6) is -2.28. The number of carbonyl (C=O) groups is 4. The summed E-state index contributed by atoms with van der Waals surface area (Å²) in [6.07, 6.45) is 1.40. The number of benzene rings is 2. The van der Waals surface area contributed by atoms with Crippen LogP contribution in [0.2, 0.25) is 0 Å². The number of sulfonamides is 1. The molecule has 1 saturated heterocycles. The number of carbonyl (C=O) groups excluding carboxylic acids is 4. The van der Waals surface area contributed by atoms with Crippen molar-refractivity contribution < 1.29 is 27.6 Å². The number of imide groups is 1. The van der Waals surface area contributed by atoms with E-state index in [1.807, 2.05) is 0 Å². The predicted octanol–water partition coefficient (Wildman–Crippen LogP) is 1.69. The highest BCUT2D eigenvalue weighted by molar-refractivity contribution is 7.89. The van der Waals surface area contributed by atoms with Crippen molar-refractivity contribution in [3.8, 4) is 0 Å². The van der Waals surface area contributed by atoms with Crippen molar-refractivity contribution in [2.45, 2.75) is 17.7 Å². The highest BCUT2D eigenvalue weighted by atomic mass is 32.2. The van der Waals surface area contributed by atoms with Gasteiger partial charge in [-0.2, -0.15) is 0 Å². The zero-order valence-corrected chi connectivity index (χ0v) is 18.9. The van der Waals surface area contributed by atoms with Gasteiger partial charge in [0.25, 0.3) is 10.0 Å². The Morgan fingerprint density at radius 1 is 0.971 bits per heavy atom. The molecule has 0 aliphatic carbocycles. The number of fused-ring (bicyclic) bond motifs is 1. The van der Waals surface area contributed by atoms with Gasteiger partial charge in [0.1, 0.15) is 12.2 Å². The molecule has 0 saturated carbocycles. The molecule has 0 atom stereocenters. The highest BCUT2D eigenvalue weighted by Crippen LogP contribution is 2.37. The number of hydrogen-bond acceptors (Lipinski definition) is 6. The van der Waals surface area contributed by atoms with E-state index in [-0.39, 0.29) is 46.8 Å². The van der Waals surface area contributed by atoms with Gasteiger partial charge < -0.3 is 5.32 Å². The lowest BCUT2D eigenvalue weighted by molar-refractivity contribution is -0.142. The molecule has 34 heavy (non-hydrogen) atoms. The van der Waals surface area contributed by atoms with Crippen molar-refractivity contribution in [3.05, 3.63) is 84.1 Å². The number of likely N-dealkylation sites (tertiary alicyclic amines) is 1. The Morgan fingerprint density at radius 2 is 1.59 bits per heavy atom. The minimum absolute atomic E-state index is 0.0229. The molecule has 3 amide bonds. The first-order chi connectivity index (χ1) is 16.3. The summed E-state index contributed by atoms with van der Waals surface area (Å²) in [5.41, 5.74) is 0.0785. The van der Waals surface area contributed by atoms with Gasteiger partial charge in [-0.1, -0.05) is 54.6 Å². The summed E-state index contributed by atoms with van der Waals surface area (Å²) >= 11 is 0. The average molecular weight is 480 g/mol. The number of Topliss-reactive ketones (excluding diaryl/α,β-unsaturated/α-hetero) is 1. The van der Waals surface area contributed by atoms with Crippen LogP contribution in [0.1, 0.15) is 28.8 Å². The van der Waals surface area contributed by atoms with E-state index in [9.17, 15) is 27.6 Å². The molecule has 0 aromatic heterocycles. The van der Waals surface area contributed by atoms with E-state index in [0.717, 1.165) is 9.21 Å². The van der Waals surface area contributed by atoms with Gasteiger partial charge in [-0.15, -0.1) is 6.58 Å². The molecule has 0 unspecified atom stereocenters. The van der Waals surface area contributed by atoms with Gasteiger partial charge in [0.15, 0.2) is 0 Å². The molecule has 2 aromatic carbocycles. The zero-order valence-electron chi connectivity index (χ0n) is 18.1. The van der Waals surface area contributed by atoms with Crippen LogP contribution in [0, 0.1) is 0 Å². The smallest absolute Gasteiger partial charge is 0.265 e. The maximum Gasteiger partial charge on any atom is 0.265 e. The van der Waals surface area contributed by atoms with Gasteiger partial charge in [-0.25, -0.2) is 8.42 Å². The van der Waals surface area contributed by atoms with Crippen molar-refractivity contribution >= 4 is 39.2 Å². The van der Waals surface area contributed by atoms with Crippen molar-refractivity contribution in [2.75, 3.05) is 13.1 Å². The molecule has 0 bridgehead atoms. The first-order valence-electron chi connectivity index (χ1n) is 10.5. The van der Waals surface area contributed by atoms with E-state index in [4.69, 9.17) is 0 Å². The van der Waals surface area contributed by atoms with Gasteiger partial charge in [0.2, 0.25) is 23.5 Å². The molecular formula is C24H21N3O6S. The Balaban J connectivity index is 1.86. The molecule has 4 rings (SSSR count). The molecule has 0 radical (unpaired) electrons. The number of amides is 3. The Hall–Kier alpha value is -4.05. The van der Waals surface area contributed by atoms with Crippen LogP contribution < -0.4 is 5.32 Å². The molecule has 1 N–H and O–H groups in total. The minimum Gasteiger partial charge on any atom is -0.322 e. The Kier molecular flexibility index (Phi) is 6.16. The van der Waals surface area contributed by atoms with E-state index >= 15 is 0 Å². The molecule has 2 aliphatic rings. The SMILES string of the molecule is C=CCN1C(C(=O)c2ccccc2)=C(NC(=O)CN2C(=O)CCC2=O)c2ccccc2S1(=O)=O. The second-order valence-electron chi connectivity index (χ2n) is 7.66. The quantitative estimate of drug-likeness (QED) is 0.367. The van der Waals surface area contributed by atoms with Crippen LogP contribution in [0.5, 0.6) is 0 Å². The lowest BCUT2D eigenvalue weighted by atomic mass is 10.0. The second-order valence-corrected chi connectivity index (χ2v) is 9.49. The monoisotopic (exact) mass is 479 g/mol. The average Bonchev–Trinajstić information content (AvgIpc) is 3.14. The Bertz CT molecular complexity index is 1330. The van der Waals surface area contributed by atoms with Crippen molar-refractivity contribution in [1.82, 2.24) is 14.5 Å². The first kappa shape index (κ1) is 23.1. The van der Waals surface area contributed by atoms with E-state index in [1.165, 1.54) is 36.4 Å². The second kappa shape index (κ2) is 9.06. The van der Waals surface area contributed by atoms with E-state index in [2.05, 4.69) is 11.9 Å². The van der Waals surface area contributed by atoms with Crippen LogP contribution in [-0.4, -0.2) is 54.2 Å². The largest absolute Gasteiger partial charge is 0.322 e. The van der Waals surface area contributed by atoms with Gasteiger partial charge in [0.05, 0.1) is 17.1 Å². The van der Waals surface area contributed by atoms with Crippen LogP contribution in [-0.2, 0) is 24.4 Å². The highest BCUT2D eigenvalue weighted by Gasteiger charge is 2.40. The lowest BCUT2D eigenvalue weighted by Gasteiger charge is -2.33. The molecule has 174 valence electrons.